The SMILES string of the molecule is N#CC1(C#N)C(c2ccc(Cl)cc2)=NN(c2ccc([N+](=O)[O-])cc2)C12C(=O)c1ccccc1C2=O. The van der Waals surface area contributed by atoms with Crippen LogP contribution < -0.4 is 5.01 Å². The first-order valence-electron chi connectivity index (χ1n) is 10.2. The van der Waals surface area contributed by atoms with E-state index in [0.29, 0.717) is 10.6 Å². The summed E-state index contributed by atoms with van der Waals surface area (Å²) in [5, 5.41) is 38.0. The zero-order valence-electron chi connectivity index (χ0n) is 17.7. The molecular formula is C25H12ClN5O4. The Morgan fingerprint density at radius 3 is 1.91 bits per heavy atom. The number of anilines is 1. The van der Waals surface area contributed by atoms with E-state index in [0.717, 1.165) is 5.01 Å². The number of nitro groups is 1. The van der Waals surface area contributed by atoms with Crippen LogP contribution in [0, 0.1) is 38.2 Å². The number of nitriles is 2. The van der Waals surface area contributed by atoms with Crippen molar-refractivity contribution >= 4 is 40.3 Å². The third-order valence-corrected chi connectivity index (χ3v) is 6.50. The lowest BCUT2D eigenvalue weighted by Gasteiger charge is -2.36. The quantitative estimate of drug-likeness (QED) is 0.308. The number of fused-ring (bicyclic) bond motifs is 1. The molecule has 0 saturated heterocycles. The van der Waals surface area contributed by atoms with Gasteiger partial charge in [0.25, 0.3) is 5.69 Å². The second-order valence-corrected chi connectivity index (χ2v) is 8.37. The first-order chi connectivity index (χ1) is 16.8. The van der Waals surface area contributed by atoms with Crippen LogP contribution in [0.1, 0.15) is 26.3 Å². The Hall–Kier alpha value is -4.86. The molecule has 0 atom stereocenters. The maximum absolute atomic E-state index is 14.0. The second-order valence-electron chi connectivity index (χ2n) is 7.93. The maximum atomic E-state index is 14.0. The Morgan fingerprint density at radius 2 is 1.43 bits per heavy atom. The Kier molecular flexibility index (Phi) is 4.76. The second kappa shape index (κ2) is 7.59. The van der Waals surface area contributed by atoms with Gasteiger partial charge >= 0.3 is 0 Å². The van der Waals surface area contributed by atoms with Crippen molar-refractivity contribution in [3.05, 3.63) is 105 Å². The van der Waals surface area contributed by atoms with E-state index in [2.05, 4.69) is 5.10 Å². The predicted octanol–water partition coefficient (Wildman–Crippen LogP) is 4.32. The van der Waals surface area contributed by atoms with E-state index in [4.69, 9.17) is 11.6 Å². The van der Waals surface area contributed by atoms with Crippen molar-refractivity contribution in [3.8, 4) is 12.1 Å². The molecule has 0 unspecified atom stereocenters. The Morgan fingerprint density at radius 1 is 0.886 bits per heavy atom. The fourth-order valence-electron chi connectivity index (χ4n) is 4.63. The summed E-state index contributed by atoms with van der Waals surface area (Å²) in [6.07, 6.45) is 0. The number of hydrogen-bond acceptors (Lipinski definition) is 8. The highest BCUT2D eigenvalue weighted by molar-refractivity contribution is 6.40. The first-order valence-corrected chi connectivity index (χ1v) is 10.6. The molecule has 1 aliphatic carbocycles. The summed E-state index contributed by atoms with van der Waals surface area (Å²) in [6.45, 7) is 0. The van der Waals surface area contributed by atoms with E-state index in [9.17, 15) is 30.2 Å². The molecule has 3 aromatic rings. The van der Waals surface area contributed by atoms with E-state index in [1.165, 1.54) is 60.7 Å². The number of nitrogens with zero attached hydrogens (tertiary/aromatic N) is 5. The van der Waals surface area contributed by atoms with E-state index >= 15 is 0 Å². The minimum absolute atomic E-state index is 0.0619. The van der Waals surface area contributed by atoms with Crippen molar-refractivity contribution in [3.63, 3.8) is 0 Å². The maximum Gasteiger partial charge on any atom is 0.269 e. The average molecular weight is 482 g/mol. The van der Waals surface area contributed by atoms with Gasteiger partial charge in [-0.05, 0) is 24.3 Å². The lowest BCUT2D eigenvalue weighted by molar-refractivity contribution is -0.384. The number of hydrazone groups is 1. The molecule has 0 amide bonds. The number of Topliss-reactive ketones (excluding diaryl/α,β-unsaturated/α-hetero) is 2. The lowest BCUT2D eigenvalue weighted by Crippen LogP contribution is -2.63. The molecule has 1 spiro atoms. The third kappa shape index (κ3) is 2.70. The summed E-state index contributed by atoms with van der Waals surface area (Å²) in [7, 11) is 0. The molecule has 1 aliphatic heterocycles. The van der Waals surface area contributed by atoms with Crippen LogP contribution in [0.15, 0.2) is 77.9 Å². The number of benzene rings is 3. The molecule has 1 heterocycles. The zero-order chi connectivity index (χ0) is 25.0. The molecule has 9 nitrogen and oxygen atoms in total. The van der Waals surface area contributed by atoms with Gasteiger partial charge in [-0.2, -0.15) is 15.6 Å². The van der Waals surface area contributed by atoms with Gasteiger partial charge in [0.2, 0.25) is 22.5 Å². The van der Waals surface area contributed by atoms with Crippen LogP contribution in [-0.2, 0) is 0 Å². The fourth-order valence-corrected chi connectivity index (χ4v) is 4.75. The fraction of sp³-hybridized carbons (Fsp3) is 0.0800. The molecule has 35 heavy (non-hydrogen) atoms. The molecule has 168 valence electrons. The zero-order valence-corrected chi connectivity index (χ0v) is 18.4. The molecule has 0 aromatic heterocycles. The van der Waals surface area contributed by atoms with Crippen LogP contribution in [0.2, 0.25) is 5.02 Å². The Labute approximate surface area is 203 Å². The van der Waals surface area contributed by atoms with Crippen LogP contribution in [0.4, 0.5) is 11.4 Å². The van der Waals surface area contributed by atoms with Gasteiger partial charge in [-0.25, -0.2) is 5.01 Å². The normalized spacial score (nSPS) is 17.0. The Bertz CT molecular complexity index is 1500. The number of rotatable bonds is 3. The van der Waals surface area contributed by atoms with E-state index in [1.807, 2.05) is 12.1 Å². The third-order valence-electron chi connectivity index (χ3n) is 6.25. The largest absolute Gasteiger partial charge is 0.291 e. The van der Waals surface area contributed by atoms with E-state index in [1.54, 1.807) is 12.1 Å². The summed E-state index contributed by atoms with van der Waals surface area (Å²) in [6, 6.07) is 21.1. The van der Waals surface area contributed by atoms with Crippen LogP contribution in [0.3, 0.4) is 0 Å². The van der Waals surface area contributed by atoms with Crippen molar-refractivity contribution in [2.24, 2.45) is 10.5 Å². The van der Waals surface area contributed by atoms with Crippen LogP contribution in [0.25, 0.3) is 0 Å². The van der Waals surface area contributed by atoms with Crippen molar-refractivity contribution in [1.82, 2.24) is 0 Å². The smallest absolute Gasteiger partial charge is 0.269 e. The minimum Gasteiger partial charge on any atom is -0.291 e. The number of halogens is 1. The van der Waals surface area contributed by atoms with Gasteiger partial charge in [0.05, 0.1) is 22.7 Å². The average Bonchev–Trinajstić information content (AvgIpc) is 3.31. The number of hydrogen-bond donors (Lipinski definition) is 0. The standard InChI is InChI=1S/C25H12ClN5O4/c26-16-7-5-15(6-8-16)21-24(13-27,14-28)25(22(32)19-3-1-2-4-20(19)23(25)33)30(29-21)17-9-11-18(12-10-17)31(34)35/h1-12H. The van der Waals surface area contributed by atoms with Crippen LogP contribution >= 0.6 is 11.6 Å². The van der Waals surface area contributed by atoms with Crippen molar-refractivity contribution in [1.29, 1.82) is 10.5 Å². The van der Waals surface area contributed by atoms with Gasteiger partial charge in [0, 0.05) is 33.8 Å². The number of carbonyl (C=O) groups excluding carboxylic acids is 2. The predicted molar refractivity (Wildman–Crippen MR) is 125 cm³/mol. The summed E-state index contributed by atoms with van der Waals surface area (Å²) >= 11 is 6.01. The van der Waals surface area contributed by atoms with E-state index < -0.39 is 27.4 Å². The lowest BCUT2D eigenvalue weighted by atomic mass is 9.64. The molecule has 3 aromatic carbocycles. The van der Waals surface area contributed by atoms with Crippen molar-refractivity contribution in [2.75, 3.05) is 5.01 Å². The van der Waals surface area contributed by atoms with E-state index in [-0.39, 0.29) is 28.2 Å². The van der Waals surface area contributed by atoms with Gasteiger partial charge in [-0.3, -0.25) is 19.7 Å². The number of nitro benzene ring substituents is 1. The van der Waals surface area contributed by atoms with Gasteiger partial charge < -0.3 is 0 Å². The van der Waals surface area contributed by atoms with Gasteiger partial charge in [-0.1, -0.05) is 48.0 Å². The number of non-ortho nitro benzene ring substituents is 1. The highest BCUT2D eigenvalue weighted by Crippen LogP contribution is 2.53. The molecule has 2 aliphatic rings. The summed E-state index contributed by atoms with van der Waals surface area (Å²) < 4.78 is 0. The van der Waals surface area contributed by atoms with Crippen LogP contribution in [0.5, 0.6) is 0 Å². The van der Waals surface area contributed by atoms with Crippen LogP contribution in [-0.4, -0.2) is 27.7 Å². The van der Waals surface area contributed by atoms with Crippen molar-refractivity contribution in [2.45, 2.75) is 5.54 Å². The topological polar surface area (TPSA) is 140 Å². The molecule has 0 fully saturated rings. The minimum atomic E-state index is -2.37. The van der Waals surface area contributed by atoms with Gasteiger partial charge in [-0.15, -0.1) is 0 Å². The van der Waals surface area contributed by atoms with Gasteiger partial charge in [0.1, 0.15) is 5.71 Å². The van der Waals surface area contributed by atoms with Gasteiger partial charge in [0.15, 0.2) is 0 Å². The molecule has 0 saturated carbocycles. The summed E-state index contributed by atoms with van der Waals surface area (Å²) in [5.74, 6) is -1.51. The number of ketones is 2. The van der Waals surface area contributed by atoms with Crippen molar-refractivity contribution < 1.29 is 14.5 Å². The number of carbonyl (C=O) groups is 2. The molecule has 5 rings (SSSR count). The monoisotopic (exact) mass is 481 g/mol. The molecule has 0 radical (unpaired) electrons. The highest BCUT2D eigenvalue weighted by Gasteiger charge is 2.75. The Balaban J connectivity index is 1.84. The molecule has 0 bridgehead atoms. The molecule has 0 N–H and O–H groups in total. The summed E-state index contributed by atoms with van der Waals surface area (Å²) in [5.41, 5.74) is -4.46. The highest BCUT2D eigenvalue weighted by atomic mass is 35.5. The molecular weight excluding hydrogens is 470 g/mol. The summed E-state index contributed by atoms with van der Waals surface area (Å²) in [4.78, 5) is 38.5. The first kappa shape index (κ1) is 22.0. The molecule has 10 heteroatoms.